The van der Waals surface area contributed by atoms with Crippen molar-refractivity contribution in [3.63, 3.8) is 0 Å². The molecule has 0 rings (SSSR count). The van der Waals surface area contributed by atoms with Crippen LogP contribution >= 0.6 is 0 Å². The summed E-state index contributed by atoms with van der Waals surface area (Å²) in [5, 5.41) is 0. The van der Waals surface area contributed by atoms with Gasteiger partial charge < -0.3 is 9.64 Å². The van der Waals surface area contributed by atoms with E-state index in [1.165, 1.54) is 18.1 Å². The van der Waals surface area contributed by atoms with E-state index in [1.54, 1.807) is 14.1 Å². The number of esters is 1. The number of carbonyl (C=O) groups is 2. The van der Waals surface area contributed by atoms with Crippen LogP contribution in [-0.4, -0.2) is 38.0 Å². The second-order valence-electron chi connectivity index (χ2n) is 3.50. The number of ether oxygens (including phenoxy) is 1. The minimum atomic E-state index is -0.476. The number of methoxy groups -OCH3 is 1. The van der Waals surface area contributed by atoms with Gasteiger partial charge in [-0.2, -0.15) is 0 Å². The van der Waals surface area contributed by atoms with Gasteiger partial charge in [0, 0.05) is 25.7 Å². The largest absolute Gasteiger partial charge is 0.466 e. The van der Waals surface area contributed by atoms with E-state index >= 15 is 0 Å². The third-order valence-electron chi connectivity index (χ3n) is 1.97. The molecule has 0 unspecified atom stereocenters. The zero-order valence-corrected chi connectivity index (χ0v) is 9.87. The third kappa shape index (κ3) is 5.20. The molecule has 0 spiro atoms. The summed E-state index contributed by atoms with van der Waals surface area (Å²) in [6.07, 6.45) is 3.77. The van der Waals surface area contributed by atoms with Crippen LogP contribution in [0.1, 0.15) is 26.2 Å². The molecule has 0 radical (unpaired) electrons. The van der Waals surface area contributed by atoms with E-state index in [2.05, 4.69) is 4.74 Å². The number of carbonyl (C=O) groups excluding carboxylic acids is 2. The van der Waals surface area contributed by atoms with Crippen LogP contribution in [0.4, 0.5) is 0 Å². The summed E-state index contributed by atoms with van der Waals surface area (Å²) in [4.78, 5) is 24.2. The maximum absolute atomic E-state index is 11.7. The van der Waals surface area contributed by atoms with Crippen molar-refractivity contribution in [3.05, 3.63) is 11.6 Å². The summed E-state index contributed by atoms with van der Waals surface area (Å²) >= 11 is 0. The molecule has 86 valence electrons. The molecule has 0 saturated carbocycles. The lowest BCUT2D eigenvalue weighted by atomic mass is 10.1. The van der Waals surface area contributed by atoms with Crippen LogP contribution in [0.5, 0.6) is 0 Å². The number of hydrogen-bond acceptors (Lipinski definition) is 3. The highest BCUT2D eigenvalue weighted by atomic mass is 16.5. The second kappa shape index (κ2) is 7.04. The van der Waals surface area contributed by atoms with Gasteiger partial charge in [0.25, 0.3) is 0 Å². The van der Waals surface area contributed by atoms with Crippen molar-refractivity contribution < 1.29 is 14.3 Å². The summed E-state index contributed by atoms with van der Waals surface area (Å²) < 4.78 is 4.50. The molecule has 0 aromatic carbocycles. The lowest BCUT2D eigenvalue weighted by molar-refractivity contribution is -0.135. The molecule has 4 nitrogen and oxygen atoms in total. The van der Waals surface area contributed by atoms with Gasteiger partial charge in [-0.25, -0.2) is 4.79 Å². The molecule has 0 atom stereocenters. The molecule has 1 amide bonds. The molecule has 0 N–H and O–H groups in total. The fraction of sp³-hybridized carbons (Fsp3) is 0.636. The van der Waals surface area contributed by atoms with Crippen LogP contribution in [-0.2, 0) is 14.3 Å². The number of nitrogens with zero attached hydrogens (tertiary/aromatic N) is 1. The molecule has 0 aromatic heterocycles. The molecule has 4 heteroatoms. The van der Waals surface area contributed by atoms with E-state index in [9.17, 15) is 9.59 Å². The van der Waals surface area contributed by atoms with Gasteiger partial charge in [-0.1, -0.05) is 13.3 Å². The van der Waals surface area contributed by atoms with Crippen LogP contribution in [0.25, 0.3) is 0 Å². The Balaban J connectivity index is 4.64. The van der Waals surface area contributed by atoms with Crippen molar-refractivity contribution in [1.82, 2.24) is 4.90 Å². The van der Waals surface area contributed by atoms with E-state index in [0.717, 1.165) is 12.8 Å². The predicted molar refractivity (Wildman–Crippen MR) is 58.3 cm³/mol. The van der Waals surface area contributed by atoms with Crippen molar-refractivity contribution >= 4 is 11.9 Å². The van der Waals surface area contributed by atoms with Crippen molar-refractivity contribution in [1.29, 1.82) is 0 Å². The smallest absolute Gasteiger partial charge is 0.330 e. The number of hydrogen-bond donors (Lipinski definition) is 0. The number of amides is 1. The van der Waals surface area contributed by atoms with E-state index in [-0.39, 0.29) is 5.91 Å². The summed E-state index contributed by atoms with van der Waals surface area (Å²) in [6, 6.07) is 0. The Morgan fingerprint density at radius 3 is 2.33 bits per heavy atom. The summed E-state index contributed by atoms with van der Waals surface area (Å²) in [7, 11) is 4.63. The highest BCUT2D eigenvalue weighted by Crippen LogP contribution is 2.10. The summed E-state index contributed by atoms with van der Waals surface area (Å²) in [5.41, 5.74) is 0.508. The number of likely N-dealkylation sites (N-methyl/N-ethyl adjacent to an activating group) is 1. The Morgan fingerprint density at radius 2 is 1.93 bits per heavy atom. The molecule has 0 aliphatic rings. The van der Waals surface area contributed by atoms with Crippen molar-refractivity contribution in [3.8, 4) is 0 Å². The lowest BCUT2D eigenvalue weighted by Gasteiger charge is -2.12. The molecule has 0 aromatic rings. The highest BCUT2D eigenvalue weighted by molar-refractivity contribution is 5.99. The predicted octanol–water partition coefficient (Wildman–Crippen LogP) is 1.36. The van der Waals surface area contributed by atoms with Crippen LogP contribution in [0, 0.1) is 0 Å². The van der Waals surface area contributed by atoms with Crippen LogP contribution in [0.2, 0.25) is 0 Å². The Morgan fingerprint density at radius 1 is 1.33 bits per heavy atom. The van der Waals surface area contributed by atoms with E-state index < -0.39 is 5.97 Å². The molecule has 0 heterocycles. The minimum Gasteiger partial charge on any atom is -0.466 e. The van der Waals surface area contributed by atoms with E-state index in [1.807, 2.05) is 6.92 Å². The van der Waals surface area contributed by atoms with Gasteiger partial charge in [-0.05, 0) is 12.8 Å². The third-order valence-corrected chi connectivity index (χ3v) is 1.97. The van der Waals surface area contributed by atoms with Crippen molar-refractivity contribution in [2.45, 2.75) is 26.2 Å². The normalized spacial score (nSPS) is 11.1. The Kier molecular flexibility index (Phi) is 6.42. The Labute approximate surface area is 90.9 Å². The van der Waals surface area contributed by atoms with E-state index in [0.29, 0.717) is 12.0 Å². The van der Waals surface area contributed by atoms with Crippen LogP contribution in [0.3, 0.4) is 0 Å². The second-order valence-corrected chi connectivity index (χ2v) is 3.50. The number of rotatable bonds is 5. The molecule has 0 aliphatic carbocycles. The molecular formula is C11H19NO3. The zero-order valence-electron chi connectivity index (χ0n) is 9.87. The van der Waals surface area contributed by atoms with E-state index in [4.69, 9.17) is 0 Å². The van der Waals surface area contributed by atoms with Gasteiger partial charge in [0.2, 0.25) is 5.91 Å². The van der Waals surface area contributed by atoms with Gasteiger partial charge in [-0.3, -0.25) is 4.79 Å². The first kappa shape index (κ1) is 13.7. The molecular weight excluding hydrogens is 194 g/mol. The molecule has 0 fully saturated rings. The van der Waals surface area contributed by atoms with Gasteiger partial charge >= 0.3 is 5.97 Å². The first-order valence-electron chi connectivity index (χ1n) is 5.03. The van der Waals surface area contributed by atoms with Gasteiger partial charge in [0.05, 0.1) is 7.11 Å². The van der Waals surface area contributed by atoms with Crippen LogP contribution in [0.15, 0.2) is 11.6 Å². The average Bonchev–Trinajstić information content (AvgIpc) is 2.22. The van der Waals surface area contributed by atoms with Crippen molar-refractivity contribution in [2.75, 3.05) is 21.2 Å². The highest BCUT2D eigenvalue weighted by Gasteiger charge is 2.12. The molecule has 15 heavy (non-hydrogen) atoms. The number of unbranched alkanes of at least 4 members (excludes halogenated alkanes) is 1. The molecule has 0 bridgehead atoms. The van der Waals surface area contributed by atoms with Crippen molar-refractivity contribution in [2.24, 2.45) is 0 Å². The lowest BCUT2D eigenvalue weighted by Crippen LogP contribution is -2.24. The topological polar surface area (TPSA) is 46.6 Å². The maximum atomic E-state index is 11.7. The quantitative estimate of drug-likeness (QED) is 0.512. The Hall–Kier alpha value is -1.32. The fourth-order valence-corrected chi connectivity index (χ4v) is 1.10. The SMILES string of the molecule is CCCC/C(=C\C(=O)OC)C(=O)N(C)C. The maximum Gasteiger partial charge on any atom is 0.330 e. The van der Waals surface area contributed by atoms with Gasteiger partial charge in [-0.15, -0.1) is 0 Å². The Bertz CT molecular complexity index is 257. The molecule has 0 aliphatic heterocycles. The monoisotopic (exact) mass is 213 g/mol. The zero-order chi connectivity index (χ0) is 11.8. The first-order chi connectivity index (χ1) is 7.02. The summed E-state index contributed by atoms with van der Waals surface area (Å²) in [5.74, 6) is -0.606. The average molecular weight is 213 g/mol. The molecule has 0 saturated heterocycles. The first-order valence-corrected chi connectivity index (χ1v) is 5.03. The minimum absolute atomic E-state index is 0.131. The van der Waals surface area contributed by atoms with Gasteiger partial charge in [0.1, 0.15) is 0 Å². The van der Waals surface area contributed by atoms with Gasteiger partial charge in [0.15, 0.2) is 0 Å². The summed E-state index contributed by atoms with van der Waals surface area (Å²) in [6.45, 7) is 2.04. The van der Waals surface area contributed by atoms with Crippen LogP contribution < -0.4 is 0 Å². The standard InChI is InChI=1S/C11H19NO3/c1-5-6-7-9(8-10(13)15-4)11(14)12(2)3/h8H,5-7H2,1-4H3/b9-8+. The fourth-order valence-electron chi connectivity index (χ4n) is 1.10.